The van der Waals surface area contributed by atoms with Gasteiger partial charge in [0.1, 0.15) is 0 Å². The van der Waals surface area contributed by atoms with E-state index in [2.05, 4.69) is 22.4 Å². The molecule has 1 heterocycles. The number of para-hydroxylation sites is 1. The van der Waals surface area contributed by atoms with E-state index < -0.39 is 0 Å². The first kappa shape index (κ1) is 17.9. The third-order valence-corrected chi connectivity index (χ3v) is 5.73. The zero-order chi connectivity index (χ0) is 17.6. The Hall–Kier alpha value is -1.89. The molecule has 2 aromatic rings. The number of carbonyl (C=O) groups is 1. The van der Waals surface area contributed by atoms with Crippen LogP contribution < -0.4 is 0 Å². The Labute approximate surface area is 153 Å². The fourth-order valence-electron chi connectivity index (χ4n) is 3.41. The second-order valence-corrected chi connectivity index (χ2v) is 7.69. The van der Waals surface area contributed by atoms with Crippen LogP contribution in [0.5, 0.6) is 0 Å². The molecule has 1 unspecified atom stereocenters. The van der Waals surface area contributed by atoms with Crippen molar-refractivity contribution in [2.24, 2.45) is 0 Å². The van der Waals surface area contributed by atoms with E-state index in [1.807, 2.05) is 42.2 Å². The zero-order valence-corrected chi connectivity index (χ0v) is 15.7. The maximum atomic E-state index is 13.0. The van der Waals surface area contributed by atoms with Crippen LogP contribution in [-0.2, 0) is 4.79 Å². The lowest BCUT2D eigenvalue weighted by Crippen LogP contribution is -2.44. The number of rotatable bonds is 6. The summed E-state index contributed by atoms with van der Waals surface area (Å²) in [5.74, 6) is 0.182. The van der Waals surface area contributed by atoms with E-state index in [1.54, 1.807) is 4.68 Å². The lowest BCUT2D eigenvalue weighted by molar-refractivity contribution is -0.133. The van der Waals surface area contributed by atoms with Crippen LogP contribution in [0.3, 0.4) is 0 Å². The maximum Gasteiger partial charge on any atom is 0.236 e. The fourth-order valence-corrected chi connectivity index (χ4v) is 4.29. The second-order valence-electron chi connectivity index (χ2n) is 6.38. The molecule has 1 aliphatic carbocycles. The molecule has 3 rings (SSSR count). The molecule has 134 valence electrons. The van der Waals surface area contributed by atoms with Crippen LogP contribution in [0.25, 0.3) is 5.69 Å². The van der Waals surface area contributed by atoms with Crippen LogP contribution in [0.4, 0.5) is 0 Å². The van der Waals surface area contributed by atoms with Gasteiger partial charge in [-0.1, -0.05) is 49.2 Å². The molecule has 1 atom stereocenters. The summed E-state index contributed by atoms with van der Waals surface area (Å²) in [6.45, 7) is 4.78. The second kappa shape index (κ2) is 8.47. The van der Waals surface area contributed by atoms with Crippen molar-refractivity contribution in [3.8, 4) is 5.69 Å². The minimum absolute atomic E-state index is 0.182. The molecular weight excluding hydrogens is 334 g/mol. The normalized spacial score (nSPS) is 16.6. The van der Waals surface area contributed by atoms with Gasteiger partial charge in [-0.05, 0) is 49.2 Å². The predicted molar refractivity (Wildman–Crippen MR) is 98.7 cm³/mol. The molecule has 0 aliphatic heterocycles. The van der Waals surface area contributed by atoms with Crippen LogP contribution in [0.2, 0.25) is 0 Å². The highest BCUT2D eigenvalue weighted by Crippen LogP contribution is 2.28. The summed E-state index contributed by atoms with van der Waals surface area (Å²) in [6, 6.07) is 10.1. The topological polar surface area (TPSA) is 63.9 Å². The Bertz CT molecular complexity index is 684. The van der Waals surface area contributed by atoms with Gasteiger partial charge in [0.05, 0.1) is 10.9 Å². The molecule has 6 nitrogen and oxygen atoms in total. The lowest BCUT2D eigenvalue weighted by Gasteiger charge is -2.35. The molecule has 7 heteroatoms. The summed E-state index contributed by atoms with van der Waals surface area (Å²) < 4.78 is 1.69. The number of tetrazole rings is 1. The summed E-state index contributed by atoms with van der Waals surface area (Å²) in [7, 11) is 0. The van der Waals surface area contributed by atoms with Crippen molar-refractivity contribution in [1.82, 2.24) is 25.1 Å². The van der Waals surface area contributed by atoms with E-state index in [9.17, 15) is 4.79 Å². The molecule has 1 aromatic heterocycles. The average Bonchev–Trinajstić information content (AvgIpc) is 3.12. The van der Waals surface area contributed by atoms with Gasteiger partial charge in [0, 0.05) is 12.6 Å². The quantitative estimate of drug-likeness (QED) is 0.740. The number of hydrogen-bond acceptors (Lipinski definition) is 5. The SMILES string of the molecule is CCN(C(=O)C(C)Sc1nnnn1-c1ccccc1)C1CCCCC1. The molecule has 0 N–H and O–H groups in total. The molecule has 0 saturated heterocycles. The lowest BCUT2D eigenvalue weighted by atomic mass is 9.94. The largest absolute Gasteiger partial charge is 0.339 e. The highest BCUT2D eigenvalue weighted by atomic mass is 32.2. The average molecular weight is 359 g/mol. The smallest absolute Gasteiger partial charge is 0.236 e. The van der Waals surface area contributed by atoms with Gasteiger partial charge in [0.15, 0.2) is 0 Å². The van der Waals surface area contributed by atoms with Crippen molar-refractivity contribution in [3.05, 3.63) is 30.3 Å². The molecule has 1 amide bonds. The van der Waals surface area contributed by atoms with Gasteiger partial charge in [0.25, 0.3) is 0 Å². The highest BCUT2D eigenvalue weighted by molar-refractivity contribution is 8.00. The Morgan fingerprint density at radius 1 is 1.28 bits per heavy atom. The van der Waals surface area contributed by atoms with Gasteiger partial charge < -0.3 is 4.90 Å². The summed E-state index contributed by atoms with van der Waals surface area (Å²) >= 11 is 1.42. The Kier molecular flexibility index (Phi) is 6.07. The van der Waals surface area contributed by atoms with Gasteiger partial charge in [-0.15, -0.1) is 5.10 Å². The summed E-state index contributed by atoms with van der Waals surface area (Å²) in [5.41, 5.74) is 0.897. The molecular formula is C18H25N5OS. The van der Waals surface area contributed by atoms with Crippen LogP contribution >= 0.6 is 11.8 Å². The molecule has 0 bridgehead atoms. The van der Waals surface area contributed by atoms with E-state index in [-0.39, 0.29) is 11.2 Å². The predicted octanol–water partition coefficient (Wildman–Crippen LogP) is 3.32. The van der Waals surface area contributed by atoms with E-state index in [4.69, 9.17) is 0 Å². The van der Waals surface area contributed by atoms with Gasteiger partial charge in [-0.2, -0.15) is 4.68 Å². The third-order valence-electron chi connectivity index (χ3n) is 4.71. The molecule has 1 saturated carbocycles. The van der Waals surface area contributed by atoms with Gasteiger partial charge in [-0.25, -0.2) is 0 Å². The minimum atomic E-state index is -0.213. The van der Waals surface area contributed by atoms with Gasteiger partial charge in [0.2, 0.25) is 11.1 Å². The van der Waals surface area contributed by atoms with Crippen molar-refractivity contribution >= 4 is 17.7 Å². The number of hydrogen-bond donors (Lipinski definition) is 0. The number of benzene rings is 1. The first-order valence-corrected chi connectivity index (χ1v) is 9.89. The van der Waals surface area contributed by atoms with Crippen LogP contribution in [0.1, 0.15) is 46.0 Å². The first-order chi connectivity index (χ1) is 12.2. The van der Waals surface area contributed by atoms with E-state index in [0.717, 1.165) is 25.1 Å². The number of thioether (sulfide) groups is 1. The zero-order valence-electron chi connectivity index (χ0n) is 14.8. The Balaban J connectivity index is 1.70. The molecule has 1 aliphatic rings. The summed E-state index contributed by atoms with van der Waals surface area (Å²) in [4.78, 5) is 15.0. The Morgan fingerprint density at radius 2 is 2.00 bits per heavy atom. The summed E-state index contributed by atoms with van der Waals surface area (Å²) in [6.07, 6.45) is 5.99. The molecule has 0 radical (unpaired) electrons. The van der Waals surface area contributed by atoms with E-state index in [0.29, 0.717) is 11.2 Å². The van der Waals surface area contributed by atoms with Crippen LogP contribution in [0, 0.1) is 0 Å². The van der Waals surface area contributed by atoms with Crippen LogP contribution in [-0.4, -0.2) is 48.9 Å². The van der Waals surface area contributed by atoms with E-state index in [1.165, 1.54) is 31.0 Å². The first-order valence-electron chi connectivity index (χ1n) is 9.01. The van der Waals surface area contributed by atoms with Gasteiger partial charge >= 0.3 is 0 Å². The standard InChI is InChI=1S/C18H25N5OS/c1-3-22(15-10-6-4-7-11-15)17(24)14(2)25-18-19-20-21-23(18)16-12-8-5-9-13-16/h5,8-9,12-15H,3-4,6-7,10-11H2,1-2H3. The molecule has 0 spiro atoms. The number of amides is 1. The van der Waals surface area contributed by atoms with Crippen molar-refractivity contribution in [2.45, 2.75) is 62.4 Å². The molecule has 1 fully saturated rings. The van der Waals surface area contributed by atoms with Gasteiger partial charge in [-0.3, -0.25) is 4.79 Å². The maximum absolute atomic E-state index is 13.0. The summed E-state index contributed by atoms with van der Waals surface area (Å²) in [5, 5.41) is 12.4. The number of carbonyl (C=O) groups excluding carboxylic acids is 1. The third kappa shape index (κ3) is 4.21. The highest BCUT2D eigenvalue weighted by Gasteiger charge is 2.29. The van der Waals surface area contributed by atoms with Crippen molar-refractivity contribution < 1.29 is 4.79 Å². The fraction of sp³-hybridized carbons (Fsp3) is 0.556. The monoisotopic (exact) mass is 359 g/mol. The van der Waals surface area contributed by atoms with Crippen molar-refractivity contribution in [3.63, 3.8) is 0 Å². The molecule has 1 aromatic carbocycles. The molecule has 25 heavy (non-hydrogen) atoms. The van der Waals surface area contributed by atoms with E-state index >= 15 is 0 Å². The van der Waals surface area contributed by atoms with Crippen molar-refractivity contribution in [1.29, 1.82) is 0 Å². The Morgan fingerprint density at radius 3 is 2.68 bits per heavy atom. The van der Waals surface area contributed by atoms with Crippen LogP contribution in [0.15, 0.2) is 35.5 Å². The minimum Gasteiger partial charge on any atom is -0.339 e. The number of nitrogens with zero attached hydrogens (tertiary/aromatic N) is 5. The number of aromatic nitrogens is 4. The van der Waals surface area contributed by atoms with Crippen molar-refractivity contribution in [2.75, 3.05) is 6.54 Å².